The Balaban J connectivity index is 2.41. The van der Waals surface area contributed by atoms with Crippen molar-refractivity contribution in [2.75, 3.05) is 4.72 Å². The molecule has 0 bridgehead atoms. The number of rotatable bonds is 3. The number of hydrogen-bond donors (Lipinski definition) is 1. The first-order valence-corrected chi connectivity index (χ1v) is 8.00. The Morgan fingerprint density at radius 2 is 1.79 bits per heavy atom. The van der Waals surface area contributed by atoms with E-state index in [1.165, 1.54) is 36.7 Å². The monoisotopic (exact) mass is 380 g/mol. The predicted molar refractivity (Wildman–Crippen MR) is 79.2 cm³/mol. The normalized spacial score (nSPS) is 11.3. The third-order valence-corrected chi connectivity index (χ3v) is 4.58. The molecule has 0 saturated carbocycles. The van der Waals surface area contributed by atoms with Crippen LogP contribution in [0.15, 0.2) is 46.0 Å². The lowest BCUT2D eigenvalue weighted by molar-refractivity contribution is 0.601. The summed E-state index contributed by atoms with van der Waals surface area (Å²) < 4.78 is 27.3. The molecule has 0 fully saturated rings. The number of pyridine rings is 1. The van der Waals surface area contributed by atoms with Crippen LogP contribution < -0.4 is 4.72 Å². The van der Waals surface area contributed by atoms with E-state index in [2.05, 4.69) is 25.6 Å². The molecule has 0 aliphatic carbocycles. The van der Waals surface area contributed by atoms with Gasteiger partial charge in [-0.25, -0.2) is 8.42 Å². The van der Waals surface area contributed by atoms with Gasteiger partial charge in [-0.2, -0.15) is 0 Å². The first kappa shape index (κ1) is 14.6. The highest BCUT2D eigenvalue weighted by Gasteiger charge is 2.16. The number of halogens is 3. The molecule has 1 aromatic carbocycles. The van der Waals surface area contributed by atoms with Gasteiger partial charge >= 0.3 is 0 Å². The van der Waals surface area contributed by atoms with Crippen LogP contribution in [0.25, 0.3) is 0 Å². The Kier molecular flexibility index (Phi) is 4.35. The SMILES string of the molecule is O=S(=O)(Nc1ccncc1Br)c1cc(Cl)cc(Cl)c1. The summed E-state index contributed by atoms with van der Waals surface area (Å²) >= 11 is 14.8. The van der Waals surface area contributed by atoms with E-state index in [4.69, 9.17) is 23.2 Å². The molecule has 0 aliphatic heterocycles. The van der Waals surface area contributed by atoms with Crippen molar-refractivity contribution < 1.29 is 8.42 Å². The van der Waals surface area contributed by atoms with Gasteiger partial charge in [0.2, 0.25) is 0 Å². The summed E-state index contributed by atoms with van der Waals surface area (Å²) in [5.74, 6) is 0. The van der Waals surface area contributed by atoms with Crippen molar-refractivity contribution in [1.29, 1.82) is 0 Å². The van der Waals surface area contributed by atoms with E-state index in [9.17, 15) is 8.42 Å². The molecule has 0 unspecified atom stereocenters. The summed E-state index contributed by atoms with van der Waals surface area (Å²) in [6.07, 6.45) is 2.97. The van der Waals surface area contributed by atoms with Crippen LogP contribution in [0.2, 0.25) is 10.0 Å². The number of hydrogen-bond acceptors (Lipinski definition) is 3. The third kappa shape index (κ3) is 3.60. The molecular weight excluding hydrogens is 375 g/mol. The van der Waals surface area contributed by atoms with Crippen molar-refractivity contribution in [3.05, 3.63) is 51.2 Å². The first-order chi connectivity index (χ1) is 8.88. The van der Waals surface area contributed by atoms with E-state index in [1.54, 1.807) is 0 Å². The van der Waals surface area contributed by atoms with Crippen LogP contribution in [-0.2, 0) is 10.0 Å². The molecule has 0 spiro atoms. The molecule has 1 heterocycles. The topological polar surface area (TPSA) is 59.1 Å². The lowest BCUT2D eigenvalue weighted by Crippen LogP contribution is -2.13. The minimum Gasteiger partial charge on any atom is -0.278 e. The number of nitrogens with one attached hydrogen (secondary N) is 1. The quantitative estimate of drug-likeness (QED) is 0.875. The summed E-state index contributed by atoms with van der Waals surface area (Å²) in [7, 11) is -3.76. The van der Waals surface area contributed by atoms with Crippen LogP contribution in [0.3, 0.4) is 0 Å². The standard InChI is InChI=1S/C11H7BrCl2N2O2S/c12-10-6-15-2-1-11(10)16-19(17,18)9-4-7(13)3-8(14)5-9/h1-6H,(H,15,16). The summed E-state index contributed by atoms with van der Waals surface area (Å²) in [5, 5.41) is 0.503. The molecule has 100 valence electrons. The smallest absolute Gasteiger partial charge is 0.262 e. The lowest BCUT2D eigenvalue weighted by atomic mass is 10.4. The van der Waals surface area contributed by atoms with E-state index in [0.717, 1.165) is 0 Å². The Bertz CT molecular complexity index is 702. The Hall–Kier alpha value is -0.820. The van der Waals surface area contributed by atoms with Crippen molar-refractivity contribution in [1.82, 2.24) is 4.98 Å². The van der Waals surface area contributed by atoms with Gasteiger partial charge in [-0.3, -0.25) is 9.71 Å². The zero-order valence-corrected chi connectivity index (χ0v) is 13.2. The summed E-state index contributed by atoms with van der Waals surface area (Å²) in [4.78, 5) is 3.85. The van der Waals surface area contributed by atoms with E-state index in [1.807, 2.05) is 0 Å². The molecule has 1 aromatic heterocycles. The molecule has 2 rings (SSSR count). The second-order valence-electron chi connectivity index (χ2n) is 3.57. The average molecular weight is 382 g/mol. The molecule has 1 N–H and O–H groups in total. The van der Waals surface area contributed by atoms with Gasteiger partial charge in [0, 0.05) is 22.4 Å². The average Bonchev–Trinajstić information content (AvgIpc) is 2.31. The van der Waals surface area contributed by atoms with Crippen molar-refractivity contribution in [2.24, 2.45) is 0 Å². The van der Waals surface area contributed by atoms with Gasteiger partial charge < -0.3 is 0 Å². The van der Waals surface area contributed by atoms with E-state index < -0.39 is 10.0 Å². The van der Waals surface area contributed by atoms with Crippen molar-refractivity contribution in [3.63, 3.8) is 0 Å². The molecule has 0 amide bonds. The number of anilines is 1. The number of nitrogens with zero attached hydrogens (tertiary/aromatic N) is 1. The molecule has 0 atom stereocenters. The van der Waals surface area contributed by atoms with Gasteiger partial charge in [0.25, 0.3) is 10.0 Å². The molecular formula is C11H7BrCl2N2O2S. The minimum absolute atomic E-state index is 0.00582. The number of sulfonamides is 1. The highest BCUT2D eigenvalue weighted by atomic mass is 79.9. The maximum Gasteiger partial charge on any atom is 0.262 e. The van der Waals surface area contributed by atoms with Crippen LogP contribution >= 0.6 is 39.1 Å². The van der Waals surface area contributed by atoms with Crippen LogP contribution in [0.4, 0.5) is 5.69 Å². The molecule has 0 radical (unpaired) electrons. The summed E-state index contributed by atoms with van der Waals surface area (Å²) in [6, 6.07) is 5.65. The molecule has 4 nitrogen and oxygen atoms in total. The summed E-state index contributed by atoms with van der Waals surface area (Å²) in [6.45, 7) is 0. The van der Waals surface area contributed by atoms with E-state index >= 15 is 0 Å². The third-order valence-electron chi connectivity index (χ3n) is 2.16. The highest BCUT2D eigenvalue weighted by molar-refractivity contribution is 9.10. The Morgan fingerprint density at radius 3 is 2.37 bits per heavy atom. The van der Waals surface area contributed by atoms with Gasteiger partial charge in [0.05, 0.1) is 15.1 Å². The van der Waals surface area contributed by atoms with E-state index in [-0.39, 0.29) is 14.9 Å². The number of benzene rings is 1. The maximum atomic E-state index is 12.2. The number of aromatic nitrogens is 1. The summed E-state index contributed by atoms with van der Waals surface area (Å²) in [5.41, 5.74) is 0.381. The largest absolute Gasteiger partial charge is 0.278 e. The zero-order chi connectivity index (χ0) is 14.0. The van der Waals surface area contributed by atoms with Gasteiger partial charge in [0.15, 0.2) is 0 Å². The first-order valence-electron chi connectivity index (χ1n) is 4.97. The molecule has 0 saturated heterocycles. The Morgan fingerprint density at radius 1 is 1.16 bits per heavy atom. The highest BCUT2D eigenvalue weighted by Crippen LogP contribution is 2.26. The molecule has 2 aromatic rings. The zero-order valence-electron chi connectivity index (χ0n) is 9.27. The van der Waals surface area contributed by atoms with E-state index in [0.29, 0.717) is 10.2 Å². The second kappa shape index (κ2) is 5.66. The Labute approximate surface area is 128 Å². The molecule has 19 heavy (non-hydrogen) atoms. The van der Waals surface area contributed by atoms with Gasteiger partial charge in [-0.15, -0.1) is 0 Å². The lowest BCUT2D eigenvalue weighted by Gasteiger charge is -2.09. The fourth-order valence-electron chi connectivity index (χ4n) is 1.35. The second-order valence-corrected chi connectivity index (χ2v) is 6.98. The van der Waals surface area contributed by atoms with Crippen LogP contribution in [0.5, 0.6) is 0 Å². The van der Waals surface area contributed by atoms with Gasteiger partial charge in [0.1, 0.15) is 0 Å². The van der Waals surface area contributed by atoms with Gasteiger partial charge in [-0.05, 0) is 40.2 Å². The van der Waals surface area contributed by atoms with Crippen LogP contribution in [-0.4, -0.2) is 13.4 Å². The van der Waals surface area contributed by atoms with Crippen LogP contribution in [0.1, 0.15) is 0 Å². The van der Waals surface area contributed by atoms with Gasteiger partial charge in [-0.1, -0.05) is 23.2 Å². The van der Waals surface area contributed by atoms with Crippen molar-refractivity contribution in [3.8, 4) is 0 Å². The fourth-order valence-corrected chi connectivity index (χ4v) is 3.63. The van der Waals surface area contributed by atoms with Crippen molar-refractivity contribution in [2.45, 2.75) is 4.90 Å². The molecule has 8 heteroatoms. The van der Waals surface area contributed by atoms with Crippen molar-refractivity contribution >= 4 is 54.8 Å². The fraction of sp³-hybridized carbons (Fsp3) is 0. The molecule has 0 aliphatic rings. The maximum absolute atomic E-state index is 12.2. The minimum atomic E-state index is -3.76. The predicted octanol–water partition coefficient (Wildman–Crippen LogP) is 3.95. The van der Waals surface area contributed by atoms with Crippen LogP contribution in [0, 0.1) is 0 Å².